The topological polar surface area (TPSA) is 96.4 Å². The fourth-order valence-electron chi connectivity index (χ4n) is 3.87. The van der Waals surface area contributed by atoms with Gasteiger partial charge >= 0.3 is 5.97 Å². The number of carboxylic acids is 1. The Kier molecular flexibility index (Phi) is 5.76. The SMILES string of the molecule is Cc1ccc(S(=O)(=O)N2CCOC3CCN(C)CC32)c(C)c1OCC(=O)O. The van der Waals surface area contributed by atoms with Crippen molar-refractivity contribution in [3.63, 3.8) is 0 Å². The van der Waals surface area contributed by atoms with E-state index in [1.807, 2.05) is 7.05 Å². The number of piperidine rings is 1. The highest BCUT2D eigenvalue weighted by Crippen LogP contribution is 2.34. The summed E-state index contributed by atoms with van der Waals surface area (Å²) in [6, 6.07) is 3.00. The molecule has 2 fully saturated rings. The molecule has 0 aliphatic carbocycles. The fourth-order valence-corrected chi connectivity index (χ4v) is 5.71. The quantitative estimate of drug-likeness (QED) is 0.786. The number of rotatable bonds is 5. The van der Waals surface area contributed by atoms with Gasteiger partial charge in [0.15, 0.2) is 6.61 Å². The largest absolute Gasteiger partial charge is 0.481 e. The smallest absolute Gasteiger partial charge is 0.341 e. The first-order valence-corrected chi connectivity index (χ1v) is 10.4. The second kappa shape index (κ2) is 7.75. The van der Waals surface area contributed by atoms with E-state index in [4.69, 9.17) is 14.6 Å². The van der Waals surface area contributed by atoms with Crippen LogP contribution in [-0.4, -0.2) is 80.7 Å². The van der Waals surface area contributed by atoms with E-state index < -0.39 is 22.6 Å². The van der Waals surface area contributed by atoms with Crippen LogP contribution < -0.4 is 4.74 Å². The molecule has 0 saturated carbocycles. The van der Waals surface area contributed by atoms with Crippen LogP contribution in [0.3, 0.4) is 0 Å². The maximum Gasteiger partial charge on any atom is 0.341 e. The van der Waals surface area contributed by atoms with Crippen molar-refractivity contribution in [1.82, 2.24) is 9.21 Å². The molecule has 1 aromatic carbocycles. The van der Waals surface area contributed by atoms with Gasteiger partial charge in [-0.25, -0.2) is 13.2 Å². The number of carbonyl (C=O) groups is 1. The van der Waals surface area contributed by atoms with Crippen molar-refractivity contribution >= 4 is 16.0 Å². The van der Waals surface area contributed by atoms with Gasteiger partial charge < -0.3 is 19.5 Å². The number of sulfonamides is 1. The van der Waals surface area contributed by atoms with Crippen LogP contribution in [0.25, 0.3) is 0 Å². The third kappa shape index (κ3) is 3.96. The van der Waals surface area contributed by atoms with E-state index in [1.54, 1.807) is 26.0 Å². The molecule has 27 heavy (non-hydrogen) atoms. The van der Waals surface area contributed by atoms with Gasteiger partial charge in [-0.2, -0.15) is 4.31 Å². The molecule has 0 spiro atoms. The summed E-state index contributed by atoms with van der Waals surface area (Å²) in [5, 5.41) is 8.87. The number of benzene rings is 1. The predicted molar refractivity (Wildman–Crippen MR) is 98.6 cm³/mol. The minimum atomic E-state index is -3.77. The summed E-state index contributed by atoms with van der Waals surface area (Å²) in [4.78, 5) is 13.1. The van der Waals surface area contributed by atoms with Crippen LogP contribution in [-0.2, 0) is 19.6 Å². The van der Waals surface area contributed by atoms with Crippen LogP contribution in [0.4, 0.5) is 0 Å². The van der Waals surface area contributed by atoms with E-state index in [2.05, 4.69) is 4.90 Å². The monoisotopic (exact) mass is 398 g/mol. The average Bonchev–Trinajstić information content (AvgIpc) is 2.60. The van der Waals surface area contributed by atoms with E-state index in [1.165, 1.54) is 4.31 Å². The van der Waals surface area contributed by atoms with Crippen molar-refractivity contribution < 1.29 is 27.8 Å². The van der Waals surface area contributed by atoms with Gasteiger partial charge in [-0.05, 0) is 38.9 Å². The van der Waals surface area contributed by atoms with Crippen molar-refractivity contribution in [3.8, 4) is 5.75 Å². The van der Waals surface area contributed by atoms with Gasteiger partial charge in [0.1, 0.15) is 5.75 Å². The molecule has 2 unspecified atom stereocenters. The summed E-state index contributed by atoms with van der Waals surface area (Å²) in [5.74, 6) is -0.799. The molecule has 2 aliphatic heterocycles. The summed E-state index contributed by atoms with van der Waals surface area (Å²) in [6.07, 6.45) is 0.700. The summed E-state index contributed by atoms with van der Waals surface area (Å²) >= 11 is 0. The highest BCUT2D eigenvalue weighted by Gasteiger charge is 2.42. The van der Waals surface area contributed by atoms with Gasteiger partial charge in [-0.3, -0.25) is 0 Å². The number of hydrogen-bond donors (Lipinski definition) is 1. The molecule has 0 bridgehead atoms. The second-order valence-electron chi connectivity index (χ2n) is 7.16. The Morgan fingerprint density at radius 2 is 2.07 bits per heavy atom. The van der Waals surface area contributed by atoms with Gasteiger partial charge in [0.2, 0.25) is 10.0 Å². The number of carboxylic acid groups (broad SMARTS) is 1. The summed E-state index contributed by atoms with van der Waals surface area (Å²) in [5.41, 5.74) is 1.13. The molecule has 2 heterocycles. The molecule has 2 atom stereocenters. The molecule has 0 radical (unpaired) electrons. The number of hydrogen-bond acceptors (Lipinski definition) is 6. The van der Waals surface area contributed by atoms with Crippen LogP contribution in [0.1, 0.15) is 17.5 Å². The molecule has 9 heteroatoms. The molecule has 2 saturated heterocycles. The first-order chi connectivity index (χ1) is 12.7. The normalized spacial score (nSPS) is 24.4. The number of morpholine rings is 1. The summed E-state index contributed by atoms with van der Waals surface area (Å²) in [6.45, 7) is 5.08. The van der Waals surface area contributed by atoms with Gasteiger partial charge in [0.25, 0.3) is 0 Å². The zero-order valence-corrected chi connectivity index (χ0v) is 16.7. The number of aliphatic carboxylic acids is 1. The number of ether oxygens (including phenoxy) is 2. The maximum atomic E-state index is 13.5. The van der Waals surface area contributed by atoms with Crippen molar-refractivity contribution in [1.29, 1.82) is 0 Å². The van der Waals surface area contributed by atoms with Gasteiger partial charge in [0, 0.05) is 25.2 Å². The molecule has 1 N–H and O–H groups in total. The second-order valence-corrected chi connectivity index (χ2v) is 9.02. The van der Waals surface area contributed by atoms with Crippen LogP contribution in [0.2, 0.25) is 0 Å². The fraction of sp³-hybridized carbons (Fsp3) is 0.611. The third-order valence-electron chi connectivity index (χ3n) is 5.22. The Hall–Kier alpha value is -1.68. The molecule has 2 aliphatic rings. The van der Waals surface area contributed by atoms with Gasteiger partial charge in [-0.15, -0.1) is 0 Å². The molecule has 0 aromatic heterocycles. The van der Waals surface area contributed by atoms with Crippen molar-refractivity contribution in [2.75, 3.05) is 39.9 Å². The highest BCUT2D eigenvalue weighted by atomic mass is 32.2. The van der Waals surface area contributed by atoms with Crippen LogP contribution in [0, 0.1) is 13.8 Å². The van der Waals surface area contributed by atoms with Crippen LogP contribution in [0.15, 0.2) is 17.0 Å². The number of likely N-dealkylation sites (tertiary alicyclic amines) is 1. The Bertz CT molecular complexity index is 825. The molecule has 1 aromatic rings. The van der Waals surface area contributed by atoms with Crippen LogP contribution >= 0.6 is 0 Å². The van der Waals surface area contributed by atoms with Crippen LogP contribution in [0.5, 0.6) is 5.75 Å². The van der Waals surface area contributed by atoms with Crippen molar-refractivity contribution in [2.24, 2.45) is 0 Å². The molecular weight excluding hydrogens is 372 g/mol. The molecule has 3 rings (SSSR count). The summed E-state index contributed by atoms with van der Waals surface area (Å²) in [7, 11) is -1.79. The maximum absolute atomic E-state index is 13.5. The average molecular weight is 398 g/mol. The predicted octanol–water partition coefficient (Wildman–Crippen LogP) is 0.860. The number of likely N-dealkylation sites (N-methyl/N-ethyl adjacent to an activating group) is 1. The van der Waals surface area contributed by atoms with E-state index >= 15 is 0 Å². The third-order valence-corrected chi connectivity index (χ3v) is 7.29. The zero-order valence-electron chi connectivity index (χ0n) is 15.8. The van der Waals surface area contributed by atoms with Crippen molar-refractivity contribution in [3.05, 3.63) is 23.3 Å². The van der Waals surface area contributed by atoms with E-state index in [-0.39, 0.29) is 17.0 Å². The lowest BCUT2D eigenvalue weighted by atomic mass is 10.0. The highest BCUT2D eigenvalue weighted by molar-refractivity contribution is 7.89. The van der Waals surface area contributed by atoms with Gasteiger partial charge in [-0.1, -0.05) is 6.07 Å². The molecular formula is C18H26N2O6S. The van der Waals surface area contributed by atoms with E-state index in [9.17, 15) is 13.2 Å². The van der Waals surface area contributed by atoms with Gasteiger partial charge in [0.05, 0.1) is 23.6 Å². The Morgan fingerprint density at radius 3 is 2.78 bits per heavy atom. The first-order valence-electron chi connectivity index (χ1n) is 8.98. The zero-order chi connectivity index (χ0) is 19.8. The van der Waals surface area contributed by atoms with Crippen molar-refractivity contribution in [2.45, 2.75) is 37.3 Å². The lowest BCUT2D eigenvalue weighted by Crippen LogP contribution is -2.60. The number of nitrogens with zero attached hydrogens (tertiary/aromatic N) is 2. The molecule has 150 valence electrons. The molecule has 0 amide bonds. The number of aryl methyl sites for hydroxylation is 1. The summed E-state index contributed by atoms with van der Waals surface area (Å²) < 4.78 is 39.6. The standard InChI is InChI=1S/C18H26N2O6S/c1-12-4-5-16(13(2)18(12)26-11-17(21)22)27(23,24)20-8-9-25-15-6-7-19(3)10-14(15)20/h4-5,14-15H,6-11H2,1-3H3,(H,21,22). The minimum Gasteiger partial charge on any atom is -0.481 e. The van der Waals surface area contributed by atoms with E-state index in [0.717, 1.165) is 13.0 Å². The Labute approximate surface area is 159 Å². The van der Waals surface area contributed by atoms with E-state index in [0.29, 0.717) is 36.6 Å². The minimum absolute atomic E-state index is 0.0989. The Morgan fingerprint density at radius 1 is 1.33 bits per heavy atom. The first kappa shape index (κ1) is 20.1. The lowest BCUT2D eigenvalue weighted by molar-refractivity contribution is -0.139. The number of fused-ring (bicyclic) bond motifs is 1. The molecule has 8 nitrogen and oxygen atoms in total. The lowest BCUT2D eigenvalue weighted by Gasteiger charge is -2.45. The Balaban J connectivity index is 1.96.